The van der Waals surface area contributed by atoms with E-state index in [1.807, 2.05) is 0 Å². The van der Waals surface area contributed by atoms with Gasteiger partial charge in [0.1, 0.15) is 5.75 Å². The molecule has 7 heteroatoms. The molecule has 0 amide bonds. The molecule has 2 N–H and O–H groups in total. The van der Waals surface area contributed by atoms with Crippen molar-refractivity contribution in [1.29, 1.82) is 0 Å². The largest absolute Gasteiger partial charge is 0.463 e. The minimum Gasteiger partial charge on any atom is -0.463 e. The van der Waals surface area contributed by atoms with E-state index in [-0.39, 0.29) is 0 Å². The quantitative estimate of drug-likeness (QED) is 0.653. The Kier molecular flexibility index (Phi) is 5.06. The zero-order valence-electron chi connectivity index (χ0n) is 7.72. The Morgan fingerprint density at radius 1 is 1.33 bits per heavy atom. The normalized spacial score (nSPS) is 12.9. The lowest BCUT2D eigenvalue weighted by atomic mass is 10.3. The SMILES string of the molecule is CC(Oc1ccc(Cl)cc1Cl)OP(O)O. The first-order valence-electron chi connectivity index (χ1n) is 3.95. The lowest BCUT2D eigenvalue weighted by molar-refractivity contribution is 0.0132. The highest BCUT2D eigenvalue weighted by atomic mass is 35.5. The molecule has 1 rings (SSSR count). The first-order chi connectivity index (χ1) is 6.99. The Morgan fingerprint density at radius 2 is 2.00 bits per heavy atom. The van der Waals surface area contributed by atoms with Gasteiger partial charge in [-0.15, -0.1) is 0 Å². The van der Waals surface area contributed by atoms with Crippen LogP contribution in [0.3, 0.4) is 0 Å². The van der Waals surface area contributed by atoms with E-state index in [0.29, 0.717) is 15.8 Å². The molecule has 0 saturated heterocycles. The Hall–Kier alpha value is -0.0900. The van der Waals surface area contributed by atoms with Crippen LogP contribution in [-0.2, 0) is 4.52 Å². The Labute approximate surface area is 98.3 Å². The van der Waals surface area contributed by atoms with Crippen LogP contribution >= 0.6 is 31.8 Å². The van der Waals surface area contributed by atoms with Gasteiger partial charge in [0, 0.05) is 5.02 Å². The number of hydrogen-bond donors (Lipinski definition) is 2. The minimum atomic E-state index is -2.45. The third kappa shape index (κ3) is 4.51. The standard InChI is InChI=1S/C8H9Cl2O4P/c1-5(14-15(11)12)13-8-3-2-6(9)4-7(8)10/h2-5,11-12H,1H3. The van der Waals surface area contributed by atoms with E-state index >= 15 is 0 Å². The minimum absolute atomic E-state index is 0.332. The fourth-order valence-corrected chi connectivity index (χ4v) is 1.67. The number of benzene rings is 1. The van der Waals surface area contributed by atoms with Gasteiger partial charge in [-0.05, 0) is 25.1 Å². The van der Waals surface area contributed by atoms with Crippen molar-refractivity contribution in [2.24, 2.45) is 0 Å². The van der Waals surface area contributed by atoms with Crippen molar-refractivity contribution in [3.05, 3.63) is 28.2 Å². The highest BCUT2D eigenvalue weighted by Crippen LogP contribution is 2.31. The average molecular weight is 271 g/mol. The van der Waals surface area contributed by atoms with Gasteiger partial charge in [0.25, 0.3) is 0 Å². The second kappa shape index (κ2) is 5.85. The highest BCUT2D eigenvalue weighted by molar-refractivity contribution is 7.39. The van der Waals surface area contributed by atoms with E-state index in [2.05, 4.69) is 4.52 Å². The monoisotopic (exact) mass is 270 g/mol. The molecule has 1 aromatic carbocycles. The first-order valence-corrected chi connectivity index (χ1v) is 5.87. The zero-order chi connectivity index (χ0) is 11.4. The van der Waals surface area contributed by atoms with Crippen molar-refractivity contribution in [3.63, 3.8) is 0 Å². The molecule has 0 aromatic heterocycles. The first kappa shape index (κ1) is 13.0. The molecule has 0 bridgehead atoms. The predicted octanol–water partition coefficient (Wildman–Crippen LogP) is 2.95. The summed E-state index contributed by atoms with van der Waals surface area (Å²) in [4.78, 5) is 17.2. The lowest BCUT2D eigenvalue weighted by Gasteiger charge is -2.16. The molecule has 0 aliphatic rings. The summed E-state index contributed by atoms with van der Waals surface area (Å²) >= 11 is 11.5. The second-order valence-corrected chi connectivity index (χ2v) is 4.18. The summed E-state index contributed by atoms with van der Waals surface area (Å²) in [6.07, 6.45) is -0.801. The van der Waals surface area contributed by atoms with Crippen LogP contribution in [0, 0.1) is 0 Å². The van der Waals surface area contributed by atoms with Crippen LogP contribution in [0.25, 0.3) is 0 Å². The zero-order valence-corrected chi connectivity index (χ0v) is 10.1. The van der Waals surface area contributed by atoms with E-state index in [4.69, 9.17) is 37.7 Å². The van der Waals surface area contributed by atoms with E-state index in [1.165, 1.54) is 13.0 Å². The fraction of sp³-hybridized carbons (Fsp3) is 0.250. The van der Waals surface area contributed by atoms with Gasteiger partial charge in [0.15, 0.2) is 0 Å². The molecule has 1 unspecified atom stereocenters. The highest BCUT2D eigenvalue weighted by Gasteiger charge is 2.11. The average Bonchev–Trinajstić information content (AvgIpc) is 2.08. The molecule has 0 heterocycles. The summed E-state index contributed by atoms with van der Waals surface area (Å²) in [5, 5.41) is 0.825. The number of rotatable bonds is 4. The van der Waals surface area contributed by atoms with Crippen molar-refractivity contribution in [3.8, 4) is 5.75 Å². The van der Waals surface area contributed by atoms with Crippen LogP contribution in [0.1, 0.15) is 6.92 Å². The fourth-order valence-electron chi connectivity index (χ4n) is 0.904. The molecule has 1 aromatic rings. The smallest absolute Gasteiger partial charge is 0.330 e. The molecule has 4 nitrogen and oxygen atoms in total. The van der Waals surface area contributed by atoms with Gasteiger partial charge < -0.3 is 14.5 Å². The number of halogens is 2. The van der Waals surface area contributed by atoms with Crippen LogP contribution in [0.15, 0.2) is 18.2 Å². The van der Waals surface area contributed by atoms with Gasteiger partial charge >= 0.3 is 8.60 Å². The van der Waals surface area contributed by atoms with E-state index in [0.717, 1.165) is 0 Å². The van der Waals surface area contributed by atoms with E-state index < -0.39 is 14.9 Å². The summed E-state index contributed by atoms with van der Waals surface area (Å²) in [7, 11) is -2.45. The summed E-state index contributed by atoms with van der Waals surface area (Å²) < 4.78 is 9.80. The van der Waals surface area contributed by atoms with Crippen LogP contribution < -0.4 is 4.74 Å². The summed E-state index contributed by atoms with van der Waals surface area (Å²) in [6.45, 7) is 1.52. The van der Waals surface area contributed by atoms with Crippen LogP contribution in [-0.4, -0.2) is 16.1 Å². The lowest BCUT2D eigenvalue weighted by Crippen LogP contribution is -2.13. The maximum absolute atomic E-state index is 8.58. The van der Waals surface area contributed by atoms with Gasteiger partial charge in [0.05, 0.1) is 5.02 Å². The van der Waals surface area contributed by atoms with Gasteiger partial charge in [0.2, 0.25) is 6.29 Å². The Morgan fingerprint density at radius 3 is 2.53 bits per heavy atom. The van der Waals surface area contributed by atoms with Gasteiger partial charge in [-0.25, -0.2) is 0 Å². The topological polar surface area (TPSA) is 58.9 Å². The van der Waals surface area contributed by atoms with Crippen molar-refractivity contribution in [2.75, 3.05) is 0 Å². The summed E-state index contributed by atoms with van der Waals surface area (Å²) in [5.74, 6) is 0.366. The molecule has 0 spiro atoms. The number of ether oxygens (including phenoxy) is 1. The third-order valence-corrected chi connectivity index (χ3v) is 2.45. The second-order valence-electron chi connectivity index (χ2n) is 2.62. The van der Waals surface area contributed by atoms with Crippen LogP contribution in [0.4, 0.5) is 0 Å². The molecule has 0 fully saturated rings. The molecule has 0 aliphatic carbocycles. The molecule has 15 heavy (non-hydrogen) atoms. The maximum atomic E-state index is 8.58. The molecular weight excluding hydrogens is 262 g/mol. The van der Waals surface area contributed by atoms with Crippen molar-refractivity contribution < 1.29 is 19.0 Å². The predicted molar refractivity (Wildman–Crippen MR) is 59.0 cm³/mol. The van der Waals surface area contributed by atoms with Gasteiger partial charge in [-0.1, -0.05) is 23.2 Å². The molecule has 0 saturated carbocycles. The molecule has 0 radical (unpaired) electrons. The van der Waals surface area contributed by atoms with Crippen LogP contribution in [0.5, 0.6) is 5.75 Å². The number of hydrogen-bond acceptors (Lipinski definition) is 4. The van der Waals surface area contributed by atoms with E-state index in [1.54, 1.807) is 12.1 Å². The van der Waals surface area contributed by atoms with Gasteiger partial charge in [-0.3, -0.25) is 4.52 Å². The molecule has 84 valence electrons. The van der Waals surface area contributed by atoms with Crippen LogP contribution in [0.2, 0.25) is 10.0 Å². The molecule has 0 aliphatic heterocycles. The van der Waals surface area contributed by atoms with E-state index in [9.17, 15) is 0 Å². The maximum Gasteiger partial charge on any atom is 0.330 e. The third-order valence-electron chi connectivity index (χ3n) is 1.43. The Balaban J connectivity index is 2.64. The molecular formula is C8H9Cl2O4P. The molecule has 1 atom stereocenters. The van der Waals surface area contributed by atoms with Gasteiger partial charge in [-0.2, -0.15) is 0 Å². The van der Waals surface area contributed by atoms with Crippen molar-refractivity contribution in [1.82, 2.24) is 0 Å². The summed E-state index contributed by atoms with van der Waals surface area (Å²) in [6, 6.07) is 4.70. The summed E-state index contributed by atoms with van der Waals surface area (Å²) in [5.41, 5.74) is 0. The van der Waals surface area contributed by atoms with Crippen molar-refractivity contribution in [2.45, 2.75) is 13.2 Å². The Bertz CT molecular complexity index is 334. The van der Waals surface area contributed by atoms with Crippen molar-refractivity contribution >= 4 is 31.8 Å².